The van der Waals surface area contributed by atoms with E-state index in [1.165, 1.54) is 4.90 Å². The highest BCUT2D eigenvalue weighted by Gasteiger charge is 2.40. The van der Waals surface area contributed by atoms with Crippen molar-refractivity contribution in [3.8, 4) is 0 Å². The Hall–Kier alpha value is -4.20. The third-order valence-corrected chi connectivity index (χ3v) is 7.65. The van der Waals surface area contributed by atoms with Crippen molar-refractivity contribution in [2.75, 3.05) is 13.1 Å². The van der Waals surface area contributed by atoms with Crippen molar-refractivity contribution in [2.24, 2.45) is 39.8 Å². The van der Waals surface area contributed by atoms with Crippen LogP contribution in [0.25, 0.3) is 0 Å². The number of primary amides is 1. The molecule has 0 spiro atoms. The number of benzene rings is 1. The number of nitrogens with zero attached hydrogens (tertiary/aromatic N) is 2. The summed E-state index contributed by atoms with van der Waals surface area (Å²) < 4.78 is 0. The van der Waals surface area contributed by atoms with Gasteiger partial charge in [-0.3, -0.25) is 29.0 Å². The Morgan fingerprint density at radius 3 is 2.18 bits per heavy atom. The first-order valence-corrected chi connectivity index (χ1v) is 15.6. The molecule has 2 rings (SSSR count). The van der Waals surface area contributed by atoms with Crippen molar-refractivity contribution in [3.05, 3.63) is 35.9 Å². The van der Waals surface area contributed by atoms with Crippen molar-refractivity contribution in [3.63, 3.8) is 0 Å². The Labute approximate surface area is 265 Å². The van der Waals surface area contributed by atoms with E-state index in [1.54, 1.807) is 13.8 Å². The lowest BCUT2D eigenvalue weighted by Gasteiger charge is -2.32. The summed E-state index contributed by atoms with van der Waals surface area (Å²) in [5, 5.41) is 8.22. The van der Waals surface area contributed by atoms with Gasteiger partial charge in [0.1, 0.15) is 24.2 Å². The Kier molecular flexibility index (Phi) is 14.7. The normalized spacial score (nSPS) is 17.2. The number of nitrogens with two attached hydrogens (primary N) is 4. The summed E-state index contributed by atoms with van der Waals surface area (Å²) in [6.07, 6.45) is 2.11. The minimum Gasteiger partial charge on any atom is -0.370 e. The lowest BCUT2D eigenvalue weighted by atomic mass is 10.00. The Morgan fingerprint density at radius 2 is 1.60 bits per heavy atom. The van der Waals surface area contributed by atoms with Gasteiger partial charge in [0.15, 0.2) is 5.96 Å². The minimum atomic E-state index is -1.03. The second-order valence-corrected chi connectivity index (χ2v) is 12.3. The van der Waals surface area contributed by atoms with E-state index < -0.39 is 59.7 Å². The highest BCUT2D eigenvalue weighted by Crippen LogP contribution is 2.21. The minimum absolute atomic E-state index is 0.0815. The predicted molar refractivity (Wildman–Crippen MR) is 172 cm³/mol. The SMILES string of the molecule is CC(C)C[C@H](NC(=O)[C@H](CCCN=C(N)N)NC(=O)[C@@H]1CCCN1C(=O)[C@@H](NC(=O)[C@@H](N)Cc1ccccc1)C(C)C)C(N)=O. The number of guanidine groups is 1. The number of aliphatic imine (C=N–C) groups is 1. The van der Waals surface area contributed by atoms with E-state index in [9.17, 15) is 24.0 Å². The van der Waals surface area contributed by atoms with Gasteiger partial charge in [-0.1, -0.05) is 58.0 Å². The highest BCUT2D eigenvalue weighted by molar-refractivity contribution is 5.96. The van der Waals surface area contributed by atoms with Crippen LogP contribution in [0.3, 0.4) is 0 Å². The molecule has 11 N–H and O–H groups in total. The molecule has 45 heavy (non-hydrogen) atoms. The third kappa shape index (κ3) is 12.0. The van der Waals surface area contributed by atoms with E-state index in [1.807, 2.05) is 44.2 Å². The molecule has 1 fully saturated rings. The zero-order chi connectivity index (χ0) is 33.7. The van der Waals surface area contributed by atoms with Gasteiger partial charge >= 0.3 is 0 Å². The largest absolute Gasteiger partial charge is 0.370 e. The zero-order valence-corrected chi connectivity index (χ0v) is 26.8. The fourth-order valence-electron chi connectivity index (χ4n) is 5.25. The van der Waals surface area contributed by atoms with Crippen LogP contribution in [0.15, 0.2) is 35.3 Å². The third-order valence-electron chi connectivity index (χ3n) is 7.65. The molecular formula is C31H51N9O5. The van der Waals surface area contributed by atoms with Crippen molar-refractivity contribution in [1.29, 1.82) is 0 Å². The van der Waals surface area contributed by atoms with Crippen LogP contribution in [0.5, 0.6) is 0 Å². The molecule has 1 aromatic rings. The Bertz CT molecular complexity index is 1190. The van der Waals surface area contributed by atoms with Gasteiger partial charge < -0.3 is 43.8 Å². The van der Waals surface area contributed by atoms with E-state index >= 15 is 0 Å². The second kappa shape index (κ2) is 17.9. The number of rotatable bonds is 17. The zero-order valence-electron chi connectivity index (χ0n) is 26.8. The Balaban J connectivity index is 2.16. The molecule has 1 aliphatic rings. The van der Waals surface area contributed by atoms with E-state index in [2.05, 4.69) is 20.9 Å². The lowest BCUT2D eigenvalue weighted by molar-refractivity contribution is -0.143. The van der Waals surface area contributed by atoms with Gasteiger partial charge in [0.25, 0.3) is 0 Å². The van der Waals surface area contributed by atoms with Crippen LogP contribution in [0, 0.1) is 11.8 Å². The fourth-order valence-corrected chi connectivity index (χ4v) is 5.25. The second-order valence-electron chi connectivity index (χ2n) is 12.3. The van der Waals surface area contributed by atoms with Crippen LogP contribution in [-0.2, 0) is 30.4 Å². The summed E-state index contributed by atoms with van der Waals surface area (Å²) in [5.41, 5.74) is 23.4. The lowest BCUT2D eigenvalue weighted by Crippen LogP contribution is -2.59. The number of likely N-dealkylation sites (tertiary alicyclic amines) is 1. The van der Waals surface area contributed by atoms with Gasteiger partial charge in [0, 0.05) is 13.1 Å². The molecule has 1 aliphatic heterocycles. The van der Waals surface area contributed by atoms with Crippen molar-refractivity contribution in [1.82, 2.24) is 20.9 Å². The molecule has 5 atom stereocenters. The number of nitrogens with one attached hydrogen (secondary N) is 3. The highest BCUT2D eigenvalue weighted by atomic mass is 16.2. The molecule has 0 radical (unpaired) electrons. The fraction of sp³-hybridized carbons (Fsp3) is 0.613. The maximum Gasteiger partial charge on any atom is 0.246 e. The van der Waals surface area contributed by atoms with E-state index in [0.29, 0.717) is 38.6 Å². The first-order chi connectivity index (χ1) is 21.2. The molecule has 0 saturated carbocycles. The summed E-state index contributed by atoms with van der Waals surface area (Å²) in [6, 6.07) is 4.77. The van der Waals surface area contributed by atoms with Crippen molar-refractivity contribution in [2.45, 2.75) is 96.4 Å². The molecule has 1 heterocycles. The average Bonchev–Trinajstić information content (AvgIpc) is 3.46. The molecule has 14 nitrogen and oxygen atoms in total. The molecule has 0 bridgehead atoms. The van der Waals surface area contributed by atoms with Crippen LogP contribution in [0.1, 0.15) is 65.4 Å². The van der Waals surface area contributed by atoms with E-state index in [4.69, 9.17) is 22.9 Å². The molecule has 1 aromatic carbocycles. The Morgan fingerprint density at radius 1 is 0.933 bits per heavy atom. The van der Waals surface area contributed by atoms with Crippen LogP contribution < -0.4 is 38.9 Å². The molecule has 0 aromatic heterocycles. The number of carbonyl (C=O) groups excluding carboxylic acids is 5. The van der Waals surface area contributed by atoms with Crippen LogP contribution >= 0.6 is 0 Å². The van der Waals surface area contributed by atoms with E-state index in [-0.39, 0.29) is 30.8 Å². The number of hydrogen-bond acceptors (Lipinski definition) is 7. The van der Waals surface area contributed by atoms with Crippen LogP contribution in [0.2, 0.25) is 0 Å². The smallest absolute Gasteiger partial charge is 0.246 e. The van der Waals surface area contributed by atoms with E-state index in [0.717, 1.165) is 5.56 Å². The molecule has 5 amide bonds. The molecule has 250 valence electrons. The first kappa shape index (κ1) is 37.0. The number of carbonyl (C=O) groups is 5. The summed E-state index contributed by atoms with van der Waals surface area (Å²) in [7, 11) is 0. The molecular weight excluding hydrogens is 578 g/mol. The monoisotopic (exact) mass is 629 g/mol. The van der Waals surface area contributed by atoms with Gasteiger partial charge in [-0.2, -0.15) is 0 Å². The van der Waals surface area contributed by atoms with Gasteiger partial charge in [-0.15, -0.1) is 0 Å². The predicted octanol–water partition coefficient (Wildman–Crippen LogP) is -0.757. The van der Waals surface area contributed by atoms with Gasteiger partial charge in [0.05, 0.1) is 6.04 Å². The van der Waals surface area contributed by atoms with Gasteiger partial charge in [-0.25, -0.2) is 0 Å². The molecule has 14 heteroatoms. The molecule has 0 aliphatic carbocycles. The van der Waals surface area contributed by atoms with Crippen molar-refractivity contribution >= 4 is 35.5 Å². The maximum atomic E-state index is 13.8. The first-order valence-electron chi connectivity index (χ1n) is 15.6. The van der Waals surface area contributed by atoms with Gasteiger partial charge in [0.2, 0.25) is 29.5 Å². The standard InChI is InChI=1S/C31H51N9O5/c1-18(2)16-23(26(33)41)38-28(43)22(12-8-14-36-31(34)35)37-29(44)24-13-9-15-40(24)30(45)25(19(3)4)39-27(42)21(32)17-20-10-6-5-7-11-20/h5-7,10-11,18-19,21-25H,8-9,12-17,32H2,1-4H3,(H2,33,41)(H,37,44)(H,38,43)(H,39,42)(H4,34,35,36)/t21-,22-,23-,24-,25-/m0/s1. The maximum absolute atomic E-state index is 13.8. The van der Waals surface area contributed by atoms with Crippen LogP contribution in [-0.4, -0.2) is 83.7 Å². The summed E-state index contributed by atoms with van der Waals surface area (Å²) in [4.78, 5) is 71.0. The quantitative estimate of drug-likeness (QED) is 0.0655. The topological polar surface area (TPSA) is 241 Å². The van der Waals surface area contributed by atoms with Crippen LogP contribution in [0.4, 0.5) is 0 Å². The molecule has 1 saturated heterocycles. The molecule has 0 unspecified atom stereocenters. The van der Waals surface area contributed by atoms with Crippen molar-refractivity contribution < 1.29 is 24.0 Å². The number of amides is 5. The summed E-state index contributed by atoms with van der Waals surface area (Å²) in [6.45, 7) is 7.94. The summed E-state index contributed by atoms with van der Waals surface area (Å²) in [5.74, 6) is -2.94. The average molecular weight is 630 g/mol. The number of hydrogen-bond donors (Lipinski definition) is 7. The summed E-state index contributed by atoms with van der Waals surface area (Å²) >= 11 is 0. The van der Waals surface area contributed by atoms with Gasteiger partial charge in [-0.05, 0) is 55.9 Å².